The Morgan fingerprint density at radius 1 is 0.724 bits per heavy atom. The Morgan fingerprint density at radius 2 is 1.48 bits per heavy atom. The summed E-state index contributed by atoms with van der Waals surface area (Å²) in [5.74, 6) is 1.36. The van der Waals surface area contributed by atoms with Gasteiger partial charge in [-0.25, -0.2) is 4.98 Å². The Balaban J connectivity index is 0.00000561. The standard InChI is InChI=1S/C53H50N3O.Pt/c1-33(2)25-37-19-22-48(45(28-37)39-13-10-9-11-14-39)56-49-16-12-15-44(50(49)55-52(56)46-27-35(4)26-36(5)51(46)57)41-29-42(31-43(30-41)53(6,7)8)47-32-40(23-24-54-47)38-20-17-34(3)18-21-38;/h9-24,26-28,30-33,57H,25H2,1-8H3;/q-1;/i3D3;. The van der Waals surface area contributed by atoms with E-state index in [1.54, 1.807) is 18.3 Å². The Morgan fingerprint density at radius 3 is 2.21 bits per heavy atom. The number of aryl methyl sites for hydroxylation is 3. The summed E-state index contributed by atoms with van der Waals surface area (Å²) in [5, 5.41) is 11.7. The van der Waals surface area contributed by atoms with Gasteiger partial charge in [-0.15, -0.1) is 29.3 Å². The van der Waals surface area contributed by atoms with Gasteiger partial charge in [0.1, 0.15) is 11.6 Å². The van der Waals surface area contributed by atoms with E-state index >= 15 is 0 Å². The number of hydrogen-bond donors (Lipinski definition) is 1. The first-order valence-corrected chi connectivity index (χ1v) is 19.7. The van der Waals surface area contributed by atoms with Crippen LogP contribution in [0.5, 0.6) is 5.75 Å². The maximum absolute atomic E-state index is 11.7. The summed E-state index contributed by atoms with van der Waals surface area (Å²) in [6.45, 7) is 12.9. The van der Waals surface area contributed by atoms with Crippen LogP contribution in [-0.4, -0.2) is 19.6 Å². The van der Waals surface area contributed by atoms with Crippen LogP contribution in [0, 0.1) is 32.7 Å². The van der Waals surface area contributed by atoms with Crippen LogP contribution >= 0.6 is 0 Å². The molecular formula is C53H50N3OPt-. The molecule has 8 aromatic rings. The molecule has 0 radical (unpaired) electrons. The van der Waals surface area contributed by atoms with Crippen LogP contribution in [0.15, 0.2) is 134 Å². The molecule has 4 nitrogen and oxygen atoms in total. The fraction of sp³-hybridized carbons (Fsp3) is 0.208. The van der Waals surface area contributed by atoms with Crippen molar-refractivity contribution >= 4 is 11.0 Å². The summed E-state index contributed by atoms with van der Waals surface area (Å²) in [7, 11) is 0. The second-order valence-corrected chi connectivity index (χ2v) is 16.7. The number of benzene rings is 6. The van der Waals surface area contributed by atoms with E-state index in [4.69, 9.17) is 14.1 Å². The molecule has 0 fully saturated rings. The number of aromatic nitrogens is 3. The summed E-state index contributed by atoms with van der Waals surface area (Å²) < 4.78 is 25.6. The van der Waals surface area contributed by atoms with Crippen LogP contribution in [0.4, 0.5) is 0 Å². The summed E-state index contributed by atoms with van der Waals surface area (Å²) in [5.41, 5.74) is 15.1. The molecule has 0 amide bonds. The average Bonchev–Trinajstić information content (AvgIpc) is 3.61. The van der Waals surface area contributed by atoms with Crippen LogP contribution in [0.2, 0.25) is 0 Å². The molecule has 0 spiro atoms. The number of nitrogens with zero attached hydrogens (tertiary/aromatic N) is 3. The number of para-hydroxylation sites is 1. The summed E-state index contributed by atoms with van der Waals surface area (Å²) in [4.78, 5) is 10.3. The molecule has 0 aliphatic heterocycles. The third-order valence-corrected chi connectivity index (χ3v) is 10.7. The van der Waals surface area contributed by atoms with E-state index in [1.807, 2.05) is 56.3 Å². The van der Waals surface area contributed by atoms with Crippen molar-refractivity contribution in [1.82, 2.24) is 14.5 Å². The van der Waals surface area contributed by atoms with Gasteiger partial charge in [0.2, 0.25) is 0 Å². The Labute approximate surface area is 362 Å². The van der Waals surface area contributed by atoms with E-state index in [0.717, 1.165) is 84.5 Å². The van der Waals surface area contributed by atoms with Crippen molar-refractivity contribution in [2.45, 2.75) is 67.2 Å². The molecular weight excluding hydrogens is 890 g/mol. The fourth-order valence-electron chi connectivity index (χ4n) is 7.80. The molecule has 2 aromatic heterocycles. The zero-order valence-electron chi connectivity index (χ0n) is 37.1. The molecule has 0 aliphatic rings. The van der Waals surface area contributed by atoms with Gasteiger partial charge in [0, 0.05) is 42.6 Å². The third kappa shape index (κ3) is 8.09. The molecule has 0 unspecified atom stereocenters. The fourth-order valence-corrected chi connectivity index (χ4v) is 7.80. The van der Waals surface area contributed by atoms with Crippen molar-refractivity contribution in [1.29, 1.82) is 0 Å². The first-order valence-electron chi connectivity index (χ1n) is 21.2. The topological polar surface area (TPSA) is 50.9 Å². The van der Waals surface area contributed by atoms with Gasteiger partial charge >= 0.3 is 0 Å². The first kappa shape index (κ1) is 36.7. The minimum Gasteiger partial charge on any atom is -0.507 e. The van der Waals surface area contributed by atoms with Crippen LogP contribution in [0.3, 0.4) is 0 Å². The van der Waals surface area contributed by atoms with E-state index in [-0.39, 0.29) is 32.2 Å². The largest absolute Gasteiger partial charge is 0.507 e. The van der Waals surface area contributed by atoms with Crippen molar-refractivity contribution in [2.75, 3.05) is 0 Å². The van der Waals surface area contributed by atoms with E-state index in [2.05, 4.69) is 118 Å². The van der Waals surface area contributed by atoms with E-state index in [0.29, 0.717) is 22.9 Å². The predicted molar refractivity (Wildman–Crippen MR) is 238 cm³/mol. The van der Waals surface area contributed by atoms with E-state index < -0.39 is 6.85 Å². The number of phenolic OH excluding ortho intramolecular Hbond substituents is 1. The maximum atomic E-state index is 11.7. The third-order valence-electron chi connectivity index (χ3n) is 10.7. The van der Waals surface area contributed by atoms with Gasteiger partial charge in [-0.2, -0.15) is 0 Å². The van der Waals surface area contributed by atoms with Gasteiger partial charge in [-0.1, -0.05) is 136 Å². The minimum atomic E-state index is -2.16. The van der Waals surface area contributed by atoms with Gasteiger partial charge in [0.25, 0.3) is 0 Å². The van der Waals surface area contributed by atoms with Crippen LogP contribution in [0.1, 0.15) is 66.5 Å². The Bertz CT molecular complexity index is 2870. The molecule has 0 aliphatic carbocycles. The zero-order chi connectivity index (χ0) is 42.5. The second-order valence-electron chi connectivity index (χ2n) is 16.7. The molecule has 1 N–H and O–H groups in total. The van der Waals surface area contributed by atoms with Crippen molar-refractivity contribution < 1.29 is 30.3 Å². The molecule has 2 heterocycles. The summed E-state index contributed by atoms with van der Waals surface area (Å²) in [6, 6.07) is 46.7. The molecule has 0 atom stereocenters. The quantitative estimate of drug-likeness (QED) is 0.154. The summed E-state index contributed by atoms with van der Waals surface area (Å²) >= 11 is 0. The number of pyridine rings is 1. The van der Waals surface area contributed by atoms with Crippen LogP contribution in [0.25, 0.3) is 72.7 Å². The molecule has 8 rings (SSSR count). The molecule has 0 saturated heterocycles. The molecule has 5 heteroatoms. The van der Waals surface area contributed by atoms with Gasteiger partial charge in [-0.3, -0.25) is 9.55 Å². The van der Waals surface area contributed by atoms with Crippen molar-refractivity contribution in [3.05, 3.63) is 167 Å². The smallest absolute Gasteiger partial charge is 0.148 e. The normalized spacial score (nSPS) is 12.6. The number of rotatable bonds is 8. The molecule has 0 bridgehead atoms. The summed E-state index contributed by atoms with van der Waals surface area (Å²) in [6.07, 6.45) is 2.75. The van der Waals surface area contributed by atoms with Gasteiger partial charge in [-0.05, 0) is 102 Å². The van der Waals surface area contributed by atoms with E-state index in [1.165, 1.54) is 5.56 Å². The van der Waals surface area contributed by atoms with Crippen molar-refractivity contribution in [3.63, 3.8) is 0 Å². The number of aromatic hydroxyl groups is 1. The van der Waals surface area contributed by atoms with Gasteiger partial charge < -0.3 is 5.11 Å². The molecule has 58 heavy (non-hydrogen) atoms. The van der Waals surface area contributed by atoms with Crippen LogP contribution < -0.4 is 0 Å². The first-order chi connectivity index (χ1) is 28.5. The van der Waals surface area contributed by atoms with Gasteiger partial charge in [0.15, 0.2) is 0 Å². The number of hydrogen-bond acceptors (Lipinski definition) is 3. The zero-order valence-corrected chi connectivity index (χ0v) is 36.4. The molecule has 294 valence electrons. The monoisotopic (exact) mass is 942 g/mol. The molecule has 6 aromatic carbocycles. The predicted octanol–water partition coefficient (Wildman–Crippen LogP) is 13.7. The number of imidazole rings is 1. The Kier molecular flexibility index (Phi) is 10.4. The maximum Gasteiger partial charge on any atom is 0.148 e. The number of fused-ring (bicyclic) bond motifs is 1. The van der Waals surface area contributed by atoms with Crippen LogP contribution in [-0.2, 0) is 32.9 Å². The molecule has 0 saturated carbocycles. The van der Waals surface area contributed by atoms with Gasteiger partial charge in [0.05, 0.1) is 22.3 Å². The number of phenols is 1. The minimum absolute atomic E-state index is 0. The Hall–Kier alpha value is -5.57. The van der Waals surface area contributed by atoms with Crippen molar-refractivity contribution in [2.24, 2.45) is 5.92 Å². The second kappa shape index (κ2) is 16.4. The average molecular weight is 943 g/mol. The SMILES string of the molecule is [2H]C([2H])([2H])c1ccc(-c2ccnc(-c3[c-]c(-c4cccc5c4nc(-c4cc(C)cc(C)c4O)n5-c4ccc(CC(C)C)cc4-c4ccccc4)cc(C(C)(C)C)c3)c2)cc1.[Pt]. The van der Waals surface area contributed by atoms with Crippen molar-refractivity contribution in [3.8, 4) is 67.5 Å². The van der Waals surface area contributed by atoms with E-state index in [9.17, 15) is 5.11 Å².